The first-order valence-corrected chi connectivity index (χ1v) is 11.5. The Morgan fingerprint density at radius 2 is 1.81 bits per heavy atom. The number of aromatic amines is 1. The van der Waals surface area contributed by atoms with Crippen LogP contribution in [0.15, 0.2) is 47.3 Å². The Morgan fingerprint density at radius 1 is 1.09 bits per heavy atom. The Hall–Kier alpha value is -2.70. The standard InChI is InChI=1S/C25H31ClN4O2/c1-5-13-30(16-23-27-22-14-20(26)11-12-21(22)24(31)28-23)25(32)19-9-7-18(8-10-19)15-29(6-2)17(3)4/h7-12,14,17H,5-6,13,15-16H2,1-4H3,(H,27,28,31). The molecule has 1 N–H and O–H groups in total. The Balaban J connectivity index is 1.80. The number of hydrogen-bond donors (Lipinski definition) is 1. The summed E-state index contributed by atoms with van der Waals surface area (Å²) in [6, 6.07) is 13.2. The van der Waals surface area contributed by atoms with Crippen molar-refractivity contribution >= 4 is 28.4 Å². The minimum absolute atomic E-state index is 0.0801. The number of hydrogen-bond acceptors (Lipinski definition) is 4. The van der Waals surface area contributed by atoms with Gasteiger partial charge in [0.1, 0.15) is 5.82 Å². The van der Waals surface area contributed by atoms with Gasteiger partial charge < -0.3 is 9.88 Å². The van der Waals surface area contributed by atoms with Crippen LogP contribution < -0.4 is 5.56 Å². The molecule has 3 rings (SSSR count). The maximum atomic E-state index is 13.2. The smallest absolute Gasteiger partial charge is 0.258 e. The second-order valence-corrected chi connectivity index (χ2v) is 8.69. The van der Waals surface area contributed by atoms with Crippen molar-refractivity contribution < 1.29 is 4.79 Å². The van der Waals surface area contributed by atoms with Gasteiger partial charge in [-0.15, -0.1) is 0 Å². The van der Waals surface area contributed by atoms with Gasteiger partial charge in [-0.3, -0.25) is 14.5 Å². The van der Waals surface area contributed by atoms with Crippen molar-refractivity contribution in [2.75, 3.05) is 13.1 Å². The Bertz CT molecular complexity index is 1120. The van der Waals surface area contributed by atoms with Crippen LogP contribution in [0.4, 0.5) is 0 Å². The summed E-state index contributed by atoms with van der Waals surface area (Å²) in [7, 11) is 0. The Morgan fingerprint density at radius 3 is 2.44 bits per heavy atom. The van der Waals surface area contributed by atoms with Crippen LogP contribution >= 0.6 is 11.6 Å². The van der Waals surface area contributed by atoms with Gasteiger partial charge >= 0.3 is 0 Å². The van der Waals surface area contributed by atoms with Crippen molar-refractivity contribution in [3.05, 3.63) is 74.8 Å². The first kappa shape index (κ1) is 24.0. The normalized spacial score (nSPS) is 11.5. The number of aromatic nitrogens is 2. The van der Waals surface area contributed by atoms with E-state index in [2.05, 4.69) is 35.6 Å². The number of benzene rings is 2. The van der Waals surface area contributed by atoms with Gasteiger partial charge in [-0.2, -0.15) is 0 Å². The highest BCUT2D eigenvalue weighted by Crippen LogP contribution is 2.16. The number of fused-ring (bicyclic) bond motifs is 1. The van der Waals surface area contributed by atoms with Crippen LogP contribution in [0.2, 0.25) is 5.02 Å². The van der Waals surface area contributed by atoms with Crippen LogP contribution in [-0.2, 0) is 13.1 Å². The van der Waals surface area contributed by atoms with Gasteiger partial charge in [0.15, 0.2) is 0 Å². The summed E-state index contributed by atoms with van der Waals surface area (Å²) in [5.74, 6) is 0.363. The predicted molar refractivity (Wildman–Crippen MR) is 130 cm³/mol. The first-order chi connectivity index (χ1) is 15.3. The SMILES string of the molecule is CCCN(Cc1nc2cc(Cl)ccc2c(=O)[nH]1)C(=O)c1ccc(CN(CC)C(C)C)cc1. The molecular formula is C25H31ClN4O2. The fourth-order valence-corrected chi connectivity index (χ4v) is 3.93. The molecular weight excluding hydrogens is 424 g/mol. The molecule has 2 aromatic carbocycles. The molecule has 170 valence electrons. The number of carbonyl (C=O) groups is 1. The van der Waals surface area contributed by atoms with Crippen LogP contribution in [0.25, 0.3) is 10.9 Å². The monoisotopic (exact) mass is 454 g/mol. The molecule has 6 nitrogen and oxygen atoms in total. The highest BCUT2D eigenvalue weighted by atomic mass is 35.5. The topological polar surface area (TPSA) is 69.3 Å². The zero-order chi connectivity index (χ0) is 23.3. The molecule has 0 fully saturated rings. The number of carbonyl (C=O) groups excluding carboxylic acids is 1. The number of rotatable bonds is 9. The van der Waals surface area contributed by atoms with Crippen LogP contribution in [-0.4, -0.2) is 44.8 Å². The first-order valence-electron chi connectivity index (χ1n) is 11.1. The second-order valence-electron chi connectivity index (χ2n) is 8.25. The van der Waals surface area contributed by atoms with Crippen molar-refractivity contribution in [3.8, 4) is 0 Å². The molecule has 0 spiro atoms. The quantitative estimate of drug-likeness (QED) is 0.501. The van der Waals surface area contributed by atoms with Crippen molar-refractivity contribution in [1.82, 2.24) is 19.8 Å². The van der Waals surface area contributed by atoms with E-state index in [4.69, 9.17) is 11.6 Å². The lowest BCUT2D eigenvalue weighted by Gasteiger charge is -2.25. The average molecular weight is 455 g/mol. The van der Waals surface area contributed by atoms with Crippen molar-refractivity contribution in [3.63, 3.8) is 0 Å². The molecule has 0 saturated carbocycles. The van der Waals surface area contributed by atoms with Gasteiger partial charge in [0, 0.05) is 29.7 Å². The summed E-state index contributed by atoms with van der Waals surface area (Å²) in [5.41, 5.74) is 2.09. The zero-order valence-electron chi connectivity index (χ0n) is 19.2. The van der Waals surface area contributed by atoms with E-state index in [1.54, 1.807) is 23.1 Å². The van der Waals surface area contributed by atoms with Crippen LogP contribution in [0.5, 0.6) is 0 Å². The van der Waals surface area contributed by atoms with Crippen molar-refractivity contribution in [2.45, 2.75) is 53.2 Å². The maximum absolute atomic E-state index is 13.2. The molecule has 0 atom stereocenters. The van der Waals surface area contributed by atoms with E-state index in [0.29, 0.717) is 39.9 Å². The highest BCUT2D eigenvalue weighted by Gasteiger charge is 2.18. The lowest BCUT2D eigenvalue weighted by Crippen LogP contribution is -2.33. The highest BCUT2D eigenvalue weighted by molar-refractivity contribution is 6.31. The van der Waals surface area contributed by atoms with E-state index < -0.39 is 0 Å². The summed E-state index contributed by atoms with van der Waals surface area (Å²) in [4.78, 5) is 37.1. The van der Waals surface area contributed by atoms with Gasteiger partial charge in [-0.1, -0.05) is 37.6 Å². The fourth-order valence-electron chi connectivity index (χ4n) is 3.77. The largest absolute Gasteiger partial charge is 0.331 e. The van der Waals surface area contributed by atoms with Gasteiger partial charge in [0.25, 0.3) is 11.5 Å². The van der Waals surface area contributed by atoms with Gasteiger partial charge in [-0.25, -0.2) is 4.98 Å². The third-order valence-corrected chi connectivity index (χ3v) is 5.80. The second kappa shape index (κ2) is 10.7. The number of halogens is 1. The van der Waals surface area contributed by atoms with E-state index in [1.807, 2.05) is 31.2 Å². The van der Waals surface area contributed by atoms with E-state index in [0.717, 1.165) is 19.5 Å². The number of nitrogens with zero attached hydrogens (tertiary/aromatic N) is 3. The minimum atomic E-state index is -0.236. The number of amides is 1. The molecule has 1 aromatic heterocycles. The summed E-state index contributed by atoms with van der Waals surface area (Å²) in [6.45, 7) is 11.2. The van der Waals surface area contributed by atoms with E-state index >= 15 is 0 Å². The molecule has 32 heavy (non-hydrogen) atoms. The molecule has 0 saturated heterocycles. The van der Waals surface area contributed by atoms with Crippen molar-refractivity contribution in [1.29, 1.82) is 0 Å². The van der Waals surface area contributed by atoms with Gasteiger partial charge in [0.2, 0.25) is 0 Å². The molecule has 0 bridgehead atoms. The third kappa shape index (κ3) is 5.75. The molecule has 1 amide bonds. The maximum Gasteiger partial charge on any atom is 0.258 e. The molecule has 3 aromatic rings. The van der Waals surface area contributed by atoms with Crippen molar-refractivity contribution in [2.24, 2.45) is 0 Å². The molecule has 0 aliphatic carbocycles. The molecule has 0 radical (unpaired) electrons. The molecule has 0 unspecified atom stereocenters. The summed E-state index contributed by atoms with van der Waals surface area (Å²) in [5, 5.41) is 0.992. The van der Waals surface area contributed by atoms with Gasteiger partial charge in [-0.05, 0) is 62.7 Å². The molecule has 1 heterocycles. The van der Waals surface area contributed by atoms with Crippen LogP contribution in [0.3, 0.4) is 0 Å². The fraction of sp³-hybridized carbons (Fsp3) is 0.400. The lowest BCUT2D eigenvalue weighted by molar-refractivity contribution is 0.0739. The Kier molecular flexibility index (Phi) is 8.04. The lowest BCUT2D eigenvalue weighted by atomic mass is 10.1. The minimum Gasteiger partial charge on any atom is -0.331 e. The predicted octanol–water partition coefficient (Wildman–Crippen LogP) is 4.86. The van der Waals surface area contributed by atoms with E-state index in [-0.39, 0.29) is 18.0 Å². The van der Waals surface area contributed by atoms with E-state index in [1.165, 1.54) is 5.56 Å². The summed E-state index contributed by atoms with van der Waals surface area (Å²) < 4.78 is 0. The van der Waals surface area contributed by atoms with Crippen LogP contribution in [0.1, 0.15) is 55.9 Å². The summed E-state index contributed by atoms with van der Waals surface area (Å²) in [6.07, 6.45) is 0.799. The Labute approximate surface area is 194 Å². The zero-order valence-corrected chi connectivity index (χ0v) is 19.9. The van der Waals surface area contributed by atoms with E-state index in [9.17, 15) is 9.59 Å². The molecule has 0 aliphatic rings. The van der Waals surface area contributed by atoms with Gasteiger partial charge in [0.05, 0.1) is 17.4 Å². The third-order valence-electron chi connectivity index (χ3n) is 5.56. The molecule has 0 aliphatic heterocycles. The molecule has 7 heteroatoms. The van der Waals surface area contributed by atoms with Crippen LogP contribution in [0, 0.1) is 0 Å². The number of H-pyrrole nitrogens is 1. The number of nitrogens with one attached hydrogen (secondary N) is 1. The average Bonchev–Trinajstić information content (AvgIpc) is 2.76. The summed E-state index contributed by atoms with van der Waals surface area (Å²) >= 11 is 6.06.